The van der Waals surface area contributed by atoms with Crippen molar-refractivity contribution >= 4 is 40.9 Å². The van der Waals surface area contributed by atoms with E-state index in [1.165, 1.54) is 0 Å². The van der Waals surface area contributed by atoms with Crippen LogP contribution in [0.5, 0.6) is 0 Å². The second-order valence-corrected chi connectivity index (χ2v) is 5.44. The molecule has 0 aliphatic carbocycles. The van der Waals surface area contributed by atoms with E-state index < -0.39 is 5.54 Å². The maximum Gasteiger partial charge on any atom is 0.252 e. The molecule has 0 heterocycles. The molecule has 2 nitrogen and oxygen atoms in total. The number of amides is 1. The first-order valence-electron chi connectivity index (χ1n) is 5.70. The number of carbonyl (C=O) groups excluding carboxylic acids is 1. The van der Waals surface area contributed by atoms with Crippen LogP contribution in [0.15, 0.2) is 29.2 Å². The van der Waals surface area contributed by atoms with E-state index in [2.05, 4.69) is 5.32 Å². The smallest absolute Gasteiger partial charge is 0.252 e. The van der Waals surface area contributed by atoms with Gasteiger partial charge in [0.05, 0.1) is 11.1 Å². The van der Waals surface area contributed by atoms with E-state index in [4.69, 9.17) is 23.2 Å². The standard InChI is InChI=1S/C13H17Cl2NOS/c1-3-13(8-14,9-15)16-12(17)10-6-4-5-7-11(10)18-2/h4-7H,3,8-9H2,1-2H3,(H,16,17). The third kappa shape index (κ3) is 3.56. The lowest BCUT2D eigenvalue weighted by molar-refractivity contribution is 0.0910. The Hall–Kier alpha value is -0.380. The van der Waals surface area contributed by atoms with Crippen molar-refractivity contribution in [3.05, 3.63) is 29.8 Å². The minimum Gasteiger partial charge on any atom is -0.344 e. The Morgan fingerprint density at radius 3 is 2.44 bits per heavy atom. The van der Waals surface area contributed by atoms with Gasteiger partial charge in [0.1, 0.15) is 0 Å². The van der Waals surface area contributed by atoms with Crippen LogP contribution in [0.4, 0.5) is 0 Å². The number of nitrogens with one attached hydrogen (secondary N) is 1. The van der Waals surface area contributed by atoms with Crippen molar-refractivity contribution < 1.29 is 4.79 Å². The van der Waals surface area contributed by atoms with Crippen molar-refractivity contribution in [1.82, 2.24) is 5.32 Å². The van der Waals surface area contributed by atoms with Gasteiger partial charge in [-0.2, -0.15) is 0 Å². The van der Waals surface area contributed by atoms with Crippen molar-refractivity contribution in [3.8, 4) is 0 Å². The first kappa shape index (κ1) is 15.7. The van der Waals surface area contributed by atoms with Gasteiger partial charge >= 0.3 is 0 Å². The summed E-state index contributed by atoms with van der Waals surface area (Å²) in [6, 6.07) is 7.50. The Morgan fingerprint density at radius 2 is 1.94 bits per heavy atom. The Kier molecular flexibility index (Phi) is 6.33. The largest absolute Gasteiger partial charge is 0.344 e. The van der Waals surface area contributed by atoms with Crippen LogP contribution < -0.4 is 5.32 Å². The maximum absolute atomic E-state index is 12.3. The van der Waals surface area contributed by atoms with E-state index in [-0.39, 0.29) is 5.91 Å². The highest BCUT2D eigenvalue weighted by Gasteiger charge is 2.29. The molecule has 0 unspecified atom stereocenters. The van der Waals surface area contributed by atoms with E-state index in [0.717, 1.165) is 4.90 Å². The van der Waals surface area contributed by atoms with Crippen molar-refractivity contribution in [2.24, 2.45) is 0 Å². The molecule has 0 aromatic heterocycles. The molecule has 0 aliphatic heterocycles. The van der Waals surface area contributed by atoms with Crippen molar-refractivity contribution in [1.29, 1.82) is 0 Å². The molecule has 0 spiro atoms. The minimum absolute atomic E-state index is 0.122. The van der Waals surface area contributed by atoms with Gasteiger partial charge in [-0.3, -0.25) is 4.79 Å². The molecule has 0 radical (unpaired) electrons. The second-order valence-electron chi connectivity index (χ2n) is 4.06. The van der Waals surface area contributed by atoms with Gasteiger partial charge in [0.2, 0.25) is 0 Å². The number of carbonyl (C=O) groups is 1. The van der Waals surface area contributed by atoms with Crippen LogP contribution in [0.25, 0.3) is 0 Å². The number of rotatable bonds is 6. The minimum atomic E-state index is -0.536. The third-order valence-corrected chi connectivity index (χ3v) is 4.74. The summed E-state index contributed by atoms with van der Waals surface area (Å²) in [5.74, 6) is 0.489. The lowest BCUT2D eigenvalue weighted by Gasteiger charge is -2.29. The van der Waals surface area contributed by atoms with Gasteiger partial charge in [-0.25, -0.2) is 0 Å². The average molecular weight is 306 g/mol. The van der Waals surface area contributed by atoms with Gasteiger partial charge in [-0.05, 0) is 24.8 Å². The highest BCUT2D eigenvalue weighted by Crippen LogP contribution is 2.22. The lowest BCUT2D eigenvalue weighted by atomic mass is 10.0. The van der Waals surface area contributed by atoms with Crippen LogP contribution >= 0.6 is 35.0 Å². The van der Waals surface area contributed by atoms with Crippen LogP contribution in [0.2, 0.25) is 0 Å². The number of benzene rings is 1. The van der Waals surface area contributed by atoms with E-state index in [1.807, 2.05) is 37.4 Å². The molecule has 0 atom stereocenters. The molecule has 0 fully saturated rings. The van der Waals surface area contributed by atoms with E-state index in [0.29, 0.717) is 23.7 Å². The van der Waals surface area contributed by atoms with Gasteiger partial charge in [-0.1, -0.05) is 19.1 Å². The molecule has 0 bridgehead atoms. The predicted octanol–water partition coefficient (Wildman–Crippen LogP) is 3.76. The summed E-state index contributed by atoms with van der Waals surface area (Å²) in [6.45, 7) is 1.96. The predicted molar refractivity (Wildman–Crippen MR) is 80.2 cm³/mol. The molecule has 18 heavy (non-hydrogen) atoms. The molecule has 5 heteroatoms. The summed E-state index contributed by atoms with van der Waals surface area (Å²) in [5.41, 5.74) is 0.129. The first-order valence-corrected chi connectivity index (χ1v) is 7.99. The van der Waals surface area contributed by atoms with E-state index in [1.54, 1.807) is 11.8 Å². The average Bonchev–Trinajstić information content (AvgIpc) is 2.44. The normalized spacial score (nSPS) is 11.3. The molecule has 0 saturated heterocycles. The molecule has 0 aliphatic rings. The fourth-order valence-corrected chi connectivity index (χ4v) is 2.91. The van der Waals surface area contributed by atoms with Crippen LogP contribution in [0.3, 0.4) is 0 Å². The highest BCUT2D eigenvalue weighted by molar-refractivity contribution is 7.98. The molecular formula is C13H17Cl2NOS. The van der Waals surface area contributed by atoms with Gasteiger partial charge in [0.25, 0.3) is 5.91 Å². The molecule has 1 aromatic carbocycles. The Morgan fingerprint density at radius 1 is 1.33 bits per heavy atom. The van der Waals surface area contributed by atoms with Crippen LogP contribution in [-0.2, 0) is 0 Å². The molecule has 1 N–H and O–H groups in total. The zero-order chi connectivity index (χ0) is 13.6. The summed E-state index contributed by atoms with van der Waals surface area (Å²) < 4.78 is 0. The van der Waals surface area contributed by atoms with Gasteiger partial charge < -0.3 is 5.32 Å². The number of hydrogen-bond acceptors (Lipinski definition) is 2. The summed E-state index contributed by atoms with van der Waals surface area (Å²) in [5, 5.41) is 2.95. The zero-order valence-electron chi connectivity index (χ0n) is 10.5. The molecule has 1 aromatic rings. The second kappa shape index (κ2) is 7.27. The maximum atomic E-state index is 12.3. The Balaban J connectivity index is 2.94. The van der Waals surface area contributed by atoms with Crippen molar-refractivity contribution in [2.45, 2.75) is 23.8 Å². The van der Waals surface area contributed by atoms with Gasteiger partial charge in [0.15, 0.2) is 0 Å². The van der Waals surface area contributed by atoms with Crippen molar-refractivity contribution in [2.75, 3.05) is 18.0 Å². The third-order valence-electron chi connectivity index (χ3n) is 2.92. The number of thioether (sulfide) groups is 1. The molecular weight excluding hydrogens is 289 g/mol. The number of hydrogen-bond donors (Lipinski definition) is 1. The molecule has 0 saturated carbocycles. The topological polar surface area (TPSA) is 29.1 Å². The number of alkyl halides is 2. The highest BCUT2D eigenvalue weighted by atomic mass is 35.5. The molecule has 1 rings (SSSR count). The quantitative estimate of drug-likeness (QED) is 0.640. The Labute approximate surface area is 122 Å². The lowest BCUT2D eigenvalue weighted by Crippen LogP contribution is -2.51. The van der Waals surface area contributed by atoms with E-state index in [9.17, 15) is 4.79 Å². The van der Waals surface area contributed by atoms with Crippen LogP contribution in [0, 0.1) is 0 Å². The number of halogens is 2. The molecule has 1 amide bonds. The van der Waals surface area contributed by atoms with Crippen LogP contribution in [-0.4, -0.2) is 29.5 Å². The summed E-state index contributed by atoms with van der Waals surface area (Å²) in [7, 11) is 0. The molecule has 100 valence electrons. The van der Waals surface area contributed by atoms with Crippen molar-refractivity contribution in [3.63, 3.8) is 0 Å². The summed E-state index contributed by atoms with van der Waals surface area (Å²) in [4.78, 5) is 13.2. The summed E-state index contributed by atoms with van der Waals surface area (Å²) >= 11 is 13.4. The van der Waals surface area contributed by atoms with Gasteiger partial charge in [0, 0.05) is 16.7 Å². The van der Waals surface area contributed by atoms with Gasteiger partial charge in [-0.15, -0.1) is 35.0 Å². The van der Waals surface area contributed by atoms with E-state index >= 15 is 0 Å². The summed E-state index contributed by atoms with van der Waals surface area (Å²) in [6.07, 6.45) is 2.65. The first-order chi connectivity index (χ1) is 8.62. The monoisotopic (exact) mass is 305 g/mol. The Bertz CT molecular complexity index is 399. The zero-order valence-corrected chi connectivity index (χ0v) is 12.8. The SMILES string of the molecule is CCC(CCl)(CCl)NC(=O)c1ccccc1SC. The van der Waals surface area contributed by atoms with Crippen LogP contribution in [0.1, 0.15) is 23.7 Å². The fourth-order valence-electron chi connectivity index (χ4n) is 1.52. The fraction of sp³-hybridized carbons (Fsp3) is 0.462.